The van der Waals surface area contributed by atoms with Crippen LogP contribution >= 0.6 is 0 Å². The van der Waals surface area contributed by atoms with Crippen LogP contribution in [0, 0.1) is 0 Å². The molecule has 0 N–H and O–H groups in total. The largest absolute Gasteiger partial charge is 0.369 e. The smallest absolute Gasteiger partial charge is 0.260 e. The normalized spacial score (nSPS) is 24.2. The average molecular weight is 286 g/mol. The Kier molecular flexibility index (Phi) is 3.92. The van der Waals surface area contributed by atoms with Crippen LogP contribution in [0.2, 0.25) is 0 Å². The van der Waals surface area contributed by atoms with E-state index in [1.54, 1.807) is 7.05 Å². The van der Waals surface area contributed by atoms with E-state index in [1.807, 2.05) is 13.0 Å². The molecule has 112 valence electrons. The third-order valence-corrected chi connectivity index (χ3v) is 4.29. The van der Waals surface area contributed by atoms with Crippen LogP contribution in [0.1, 0.15) is 13.3 Å². The van der Waals surface area contributed by atoms with Gasteiger partial charge >= 0.3 is 0 Å². The highest BCUT2D eigenvalue weighted by Gasteiger charge is 2.34. The number of likely N-dealkylation sites (N-methyl/N-ethyl adjacent to an activating group) is 1. The monoisotopic (exact) mass is 286 g/mol. The van der Waals surface area contributed by atoms with Crippen LogP contribution in [-0.2, 0) is 4.79 Å². The summed E-state index contributed by atoms with van der Waals surface area (Å²) in [6.07, 6.45) is 0.758. The molecule has 0 spiro atoms. The van der Waals surface area contributed by atoms with Crippen LogP contribution in [0.4, 0.5) is 5.69 Å². The number of piperazine rings is 1. The van der Waals surface area contributed by atoms with Gasteiger partial charge in [-0.25, -0.2) is 5.01 Å². The zero-order valence-corrected chi connectivity index (χ0v) is 12.7. The summed E-state index contributed by atoms with van der Waals surface area (Å²) in [6.45, 7) is 5.77. The Balaban J connectivity index is 1.64. The summed E-state index contributed by atoms with van der Waals surface area (Å²) < 4.78 is 0. The number of hydrazone groups is 1. The number of nitrogens with zero attached hydrogens (tertiary/aromatic N) is 4. The molecule has 1 saturated heterocycles. The Morgan fingerprint density at radius 2 is 1.76 bits per heavy atom. The summed E-state index contributed by atoms with van der Waals surface area (Å²) in [6, 6.07) is 10.4. The molecule has 2 heterocycles. The lowest BCUT2D eigenvalue weighted by Crippen LogP contribution is -2.56. The minimum absolute atomic E-state index is 0.0366. The van der Waals surface area contributed by atoms with Gasteiger partial charge in [-0.05, 0) is 19.1 Å². The maximum Gasteiger partial charge on any atom is 0.260 e. The second kappa shape index (κ2) is 5.85. The van der Waals surface area contributed by atoms with Crippen molar-refractivity contribution < 1.29 is 4.79 Å². The Morgan fingerprint density at radius 1 is 1.10 bits per heavy atom. The molecule has 1 aromatic carbocycles. The number of carbonyl (C=O) groups excluding carboxylic acids is 1. The molecule has 0 aromatic heterocycles. The summed E-state index contributed by atoms with van der Waals surface area (Å²) in [5.74, 6) is 0.119. The summed E-state index contributed by atoms with van der Waals surface area (Å²) in [5, 5.41) is 5.73. The first-order chi connectivity index (χ1) is 10.1. The van der Waals surface area contributed by atoms with E-state index in [2.05, 4.69) is 39.2 Å². The van der Waals surface area contributed by atoms with Crippen molar-refractivity contribution in [1.82, 2.24) is 9.91 Å². The molecule has 21 heavy (non-hydrogen) atoms. The fourth-order valence-corrected chi connectivity index (χ4v) is 3.14. The molecule has 1 fully saturated rings. The van der Waals surface area contributed by atoms with Crippen LogP contribution in [0.3, 0.4) is 0 Å². The summed E-state index contributed by atoms with van der Waals surface area (Å²) in [4.78, 5) is 17.0. The molecular weight excluding hydrogens is 264 g/mol. The molecule has 1 amide bonds. The molecule has 0 bridgehead atoms. The molecule has 5 nitrogen and oxygen atoms in total. The highest BCUT2D eigenvalue weighted by molar-refractivity contribution is 5.94. The van der Waals surface area contributed by atoms with Crippen LogP contribution in [-0.4, -0.2) is 60.8 Å². The molecule has 1 unspecified atom stereocenters. The zero-order valence-electron chi connectivity index (χ0n) is 12.7. The second-order valence-corrected chi connectivity index (χ2v) is 5.78. The Hall–Kier alpha value is -1.88. The van der Waals surface area contributed by atoms with E-state index < -0.39 is 0 Å². The molecule has 0 aliphatic carbocycles. The average Bonchev–Trinajstić information content (AvgIpc) is 2.52. The summed E-state index contributed by atoms with van der Waals surface area (Å²) >= 11 is 0. The Labute approximate surface area is 125 Å². The summed E-state index contributed by atoms with van der Waals surface area (Å²) in [5.41, 5.74) is 2.30. The minimum Gasteiger partial charge on any atom is -0.369 e. The van der Waals surface area contributed by atoms with Crippen molar-refractivity contribution in [2.75, 3.05) is 38.1 Å². The van der Waals surface area contributed by atoms with Gasteiger partial charge in [0.15, 0.2) is 0 Å². The number of hydrogen-bond donors (Lipinski definition) is 0. The van der Waals surface area contributed by atoms with Crippen molar-refractivity contribution in [2.24, 2.45) is 5.10 Å². The van der Waals surface area contributed by atoms with E-state index in [1.165, 1.54) is 10.7 Å². The first-order valence-electron chi connectivity index (χ1n) is 7.51. The van der Waals surface area contributed by atoms with E-state index in [4.69, 9.17) is 0 Å². The number of amides is 1. The van der Waals surface area contributed by atoms with Gasteiger partial charge in [0.05, 0.1) is 6.04 Å². The SMILES string of the molecule is CC1=NN(C)C(=O)C(N2CCN(c3ccccc3)CC2)C1. The molecular formula is C16H22N4O. The van der Waals surface area contributed by atoms with E-state index in [0.29, 0.717) is 0 Å². The second-order valence-electron chi connectivity index (χ2n) is 5.78. The molecule has 2 aliphatic rings. The zero-order chi connectivity index (χ0) is 14.8. The van der Waals surface area contributed by atoms with Crippen molar-refractivity contribution >= 4 is 17.3 Å². The molecule has 2 aliphatic heterocycles. The molecule has 0 radical (unpaired) electrons. The van der Waals surface area contributed by atoms with Gasteiger partial charge in [-0.3, -0.25) is 9.69 Å². The lowest BCUT2D eigenvalue weighted by Gasteiger charge is -2.41. The highest BCUT2D eigenvalue weighted by atomic mass is 16.2. The number of benzene rings is 1. The van der Waals surface area contributed by atoms with Gasteiger partial charge in [-0.1, -0.05) is 18.2 Å². The van der Waals surface area contributed by atoms with E-state index in [0.717, 1.165) is 38.3 Å². The fourth-order valence-electron chi connectivity index (χ4n) is 3.14. The van der Waals surface area contributed by atoms with Crippen LogP contribution in [0.15, 0.2) is 35.4 Å². The Morgan fingerprint density at radius 3 is 2.43 bits per heavy atom. The first kappa shape index (κ1) is 14.1. The first-order valence-corrected chi connectivity index (χ1v) is 7.51. The van der Waals surface area contributed by atoms with Crippen molar-refractivity contribution in [1.29, 1.82) is 0 Å². The number of carbonyl (C=O) groups is 1. The predicted octanol–water partition coefficient (Wildman–Crippen LogP) is 1.42. The predicted molar refractivity (Wildman–Crippen MR) is 84.5 cm³/mol. The van der Waals surface area contributed by atoms with Gasteiger partial charge < -0.3 is 4.90 Å². The lowest BCUT2D eigenvalue weighted by molar-refractivity contribution is -0.136. The molecule has 5 heteroatoms. The maximum atomic E-state index is 12.3. The number of rotatable bonds is 2. The number of para-hydroxylation sites is 1. The van der Waals surface area contributed by atoms with E-state index in [9.17, 15) is 4.79 Å². The van der Waals surface area contributed by atoms with Gasteiger partial charge in [0.2, 0.25) is 0 Å². The fraction of sp³-hybridized carbons (Fsp3) is 0.500. The maximum absolute atomic E-state index is 12.3. The van der Waals surface area contributed by atoms with Gasteiger partial charge in [-0.2, -0.15) is 5.10 Å². The van der Waals surface area contributed by atoms with Crippen LogP contribution in [0.25, 0.3) is 0 Å². The van der Waals surface area contributed by atoms with E-state index in [-0.39, 0.29) is 11.9 Å². The Bertz CT molecular complexity index is 534. The van der Waals surface area contributed by atoms with Crippen molar-refractivity contribution in [3.63, 3.8) is 0 Å². The van der Waals surface area contributed by atoms with Gasteiger partial charge in [0, 0.05) is 51.0 Å². The molecule has 3 rings (SSSR count). The van der Waals surface area contributed by atoms with Crippen molar-refractivity contribution in [2.45, 2.75) is 19.4 Å². The molecule has 1 atom stereocenters. The van der Waals surface area contributed by atoms with Gasteiger partial charge in [-0.15, -0.1) is 0 Å². The van der Waals surface area contributed by atoms with Crippen molar-refractivity contribution in [3.8, 4) is 0 Å². The quantitative estimate of drug-likeness (QED) is 0.825. The van der Waals surface area contributed by atoms with Crippen LogP contribution < -0.4 is 4.90 Å². The molecule has 0 saturated carbocycles. The highest BCUT2D eigenvalue weighted by Crippen LogP contribution is 2.20. The standard InChI is InChI=1S/C16H22N4O/c1-13-12-15(16(21)18(2)17-13)20-10-8-19(9-11-20)14-6-4-3-5-7-14/h3-7,15H,8-12H2,1-2H3. The number of anilines is 1. The van der Waals surface area contributed by atoms with E-state index >= 15 is 0 Å². The number of hydrogen-bond acceptors (Lipinski definition) is 4. The van der Waals surface area contributed by atoms with Gasteiger partial charge in [0.25, 0.3) is 5.91 Å². The molecule has 1 aromatic rings. The topological polar surface area (TPSA) is 39.2 Å². The van der Waals surface area contributed by atoms with Crippen molar-refractivity contribution in [3.05, 3.63) is 30.3 Å². The van der Waals surface area contributed by atoms with Gasteiger partial charge in [0.1, 0.15) is 0 Å². The third kappa shape index (κ3) is 2.93. The third-order valence-electron chi connectivity index (χ3n) is 4.29. The lowest BCUT2D eigenvalue weighted by atomic mass is 10.1. The van der Waals surface area contributed by atoms with Crippen LogP contribution in [0.5, 0.6) is 0 Å². The minimum atomic E-state index is -0.0366. The summed E-state index contributed by atoms with van der Waals surface area (Å²) in [7, 11) is 1.75.